The molecule has 2 rings (SSSR count). The van der Waals surface area contributed by atoms with Gasteiger partial charge in [0.05, 0.1) is 0 Å². The molecule has 8 nitrogen and oxygen atoms in total. The first kappa shape index (κ1) is 16.3. The monoisotopic (exact) mass is 321 g/mol. The predicted molar refractivity (Wildman–Crippen MR) is 77.5 cm³/mol. The molecule has 1 aromatic carbocycles. The molecule has 0 spiro atoms. The molecule has 0 saturated carbocycles. The van der Waals surface area contributed by atoms with Crippen molar-refractivity contribution in [3.63, 3.8) is 0 Å². The third-order valence-electron chi connectivity index (χ3n) is 2.70. The number of nitrogens with one attached hydrogen (secondary N) is 1. The van der Waals surface area contributed by atoms with E-state index >= 15 is 0 Å². The molecule has 2 N–H and O–H groups in total. The fraction of sp³-hybridized carbons (Fsp3) is 0.267. The van der Waals surface area contributed by atoms with Gasteiger partial charge in [-0.1, -0.05) is 6.07 Å². The van der Waals surface area contributed by atoms with Gasteiger partial charge in [0.15, 0.2) is 12.2 Å². The number of hydrogen-bond acceptors (Lipinski definition) is 7. The molecular weight excluding hydrogens is 306 g/mol. The zero-order valence-electron chi connectivity index (χ0n) is 12.5. The highest BCUT2D eigenvalue weighted by molar-refractivity contribution is 6.15. The molecule has 0 amide bonds. The molecule has 122 valence electrons. The Balaban J connectivity index is 2.07. The Bertz CT molecular complexity index is 656. The first-order valence-corrected chi connectivity index (χ1v) is 6.65. The largest absolute Gasteiger partial charge is 0.482 e. The number of cyclic esters (lactones) is 2. The van der Waals surface area contributed by atoms with E-state index in [-0.39, 0.29) is 5.57 Å². The summed E-state index contributed by atoms with van der Waals surface area (Å²) in [5, 5.41) is 11.3. The van der Waals surface area contributed by atoms with Gasteiger partial charge < -0.3 is 24.6 Å². The second-order valence-electron chi connectivity index (χ2n) is 5.09. The molecule has 0 bridgehead atoms. The van der Waals surface area contributed by atoms with Crippen LogP contribution < -0.4 is 10.1 Å². The molecule has 0 aliphatic carbocycles. The van der Waals surface area contributed by atoms with Crippen LogP contribution in [-0.4, -0.2) is 35.4 Å². The van der Waals surface area contributed by atoms with E-state index in [0.29, 0.717) is 11.4 Å². The van der Waals surface area contributed by atoms with Crippen molar-refractivity contribution < 1.29 is 33.7 Å². The molecule has 1 aliphatic heterocycles. The van der Waals surface area contributed by atoms with E-state index in [9.17, 15) is 14.4 Å². The third-order valence-corrected chi connectivity index (χ3v) is 2.70. The molecule has 0 aromatic heterocycles. The summed E-state index contributed by atoms with van der Waals surface area (Å²) in [6.07, 6.45) is 1.16. The third kappa shape index (κ3) is 4.47. The number of esters is 2. The van der Waals surface area contributed by atoms with Crippen molar-refractivity contribution in [2.75, 3.05) is 11.9 Å². The Morgan fingerprint density at radius 2 is 1.96 bits per heavy atom. The van der Waals surface area contributed by atoms with Crippen LogP contribution in [0, 0.1) is 0 Å². The van der Waals surface area contributed by atoms with E-state index in [4.69, 9.17) is 19.3 Å². The second-order valence-corrected chi connectivity index (χ2v) is 5.09. The number of carboxylic acid groups (broad SMARTS) is 1. The molecule has 1 fully saturated rings. The SMILES string of the molecule is CC1(C)OC(=O)C(=CNc2cccc(OCC(=O)O)c2)C(=O)O1. The van der Waals surface area contributed by atoms with Crippen molar-refractivity contribution in [3.8, 4) is 5.75 Å². The van der Waals surface area contributed by atoms with Crippen molar-refractivity contribution in [1.29, 1.82) is 0 Å². The number of carbonyl (C=O) groups excluding carboxylic acids is 2. The second kappa shape index (κ2) is 6.39. The molecule has 1 aromatic rings. The lowest BCUT2D eigenvalue weighted by molar-refractivity contribution is -0.222. The molecule has 0 radical (unpaired) electrons. The summed E-state index contributed by atoms with van der Waals surface area (Å²) in [5.41, 5.74) is 0.215. The fourth-order valence-electron chi connectivity index (χ4n) is 1.75. The van der Waals surface area contributed by atoms with Crippen LogP contribution in [-0.2, 0) is 23.9 Å². The Hall–Kier alpha value is -3.03. The van der Waals surface area contributed by atoms with Crippen molar-refractivity contribution in [3.05, 3.63) is 36.0 Å². The zero-order valence-corrected chi connectivity index (χ0v) is 12.5. The lowest BCUT2D eigenvalue weighted by Gasteiger charge is -2.29. The number of ether oxygens (including phenoxy) is 3. The Labute approximate surface area is 131 Å². The molecular formula is C15H15NO7. The minimum Gasteiger partial charge on any atom is -0.482 e. The lowest BCUT2D eigenvalue weighted by atomic mass is 10.2. The number of aliphatic carboxylic acids is 1. The number of benzene rings is 1. The van der Waals surface area contributed by atoms with Gasteiger partial charge in [-0.3, -0.25) is 0 Å². The van der Waals surface area contributed by atoms with Gasteiger partial charge in [0, 0.05) is 31.8 Å². The molecule has 0 atom stereocenters. The Morgan fingerprint density at radius 3 is 2.57 bits per heavy atom. The number of anilines is 1. The molecule has 8 heteroatoms. The van der Waals surface area contributed by atoms with E-state index in [1.54, 1.807) is 18.2 Å². The minimum atomic E-state index is -1.30. The number of rotatable bonds is 5. The van der Waals surface area contributed by atoms with Crippen LogP contribution in [0.3, 0.4) is 0 Å². The number of carbonyl (C=O) groups is 3. The summed E-state index contributed by atoms with van der Waals surface area (Å²) in [7, 11) is 0. The lowest BCUT2D eigenvalue weighted by Crippen LogP contribution is -2.42. The van der Waals surface area contributed by atoms with E-state index in [1.807, 2.05) is 0 Å². The number of hydrogen-bond donors (Lipinski definition) is 2. The predicted octanol–water partition coefficient (Wildman–Crippen LogP) is 1.28. The average molecular weight is 321 g/mol. The van der Waals surface area contributed by atoms with Gasteiger partial charge in [-0.2, -0.15) is 0 Å². The van der Waals surface area contributed by atoms with Crippen molar-refractivity contribution >= 4 is 23.6 Å². The van der Waals surface area contributed by atoms with Gasteiger partial charge in [0.25, 0.3) is 5.79 Å². The maximum atomic E-state index is 11.8. The molecule has 1 saturated heterocycles. The normalized spacial score (nSPS) is 16.2. The highest BCUT2D eigenvalue weighted by Crippen LogP contribution is 2.23. The van der Waals surface area contributed by atoms with E-state index in [2.05, 4.69) is 5.32 Å². The van der Waals surface area contributed by atoms with Gasteiger partial charge in [-0.05, 0) is 12.1 Å². The molecule has 23 heavy (non-hydrogen) atoms. The van der Waals surface area contributed by atoms with E-state index in [1.165, 1.54) is 19.9 Å². The standard InChI is InChI=1S/C15H15NO7/c1-15(2)22-13(19)11(14(20)23-15)7-16-9-4-3-5-10(6-9)21-8-12(17)18/h3-7,16H,8H2,1-2H3,(H,17,18). The Kier molecular flexibility index (Phi) is 4.54. The summed E-state index contributed by atoms with van der Waals surface area (Å²) in [5.74, 6) is -3.66. The molecule has 1 heterocycles. The fourth-order valence-corrected chi connectivity index (χ4v) is 1.75. The van der Waals surface area contributed by atoms with Crippen LogP contribution in [0.4, 0.5) is 5.69 Å². The van der Waals surface area contributed by atoms with Gasteiger partial charge >= 0.3 is 17.9 Å². The van der Waals surface area contributed by atoms with Crippen molar-refractivity contribution in [2.45, 2.75) is 19.6 Å². The van der Waals surface area contributed by atoms with Crippen LogP contribution in [0.5, 0.6) is 5.75 Å². The van der Waals surface area contributed by atoms with Crippen LogP contribution in [0.15, 0.2) is 36.0 Å². The zero-order chi connectivity index (χ0) is 17.0. The van der Waals surface area contributed by atoms with Crippen LogP contribution in [0.2, 0.25) is 0 Å². The van der Waals surface area contributed by atoms with Crippen molar-refractivity contribution in [2.24, 2.45) is 0 Å². The molecule has 1 aliphatic rings. The van der Waals surface area contributed by atoms with Crippen LogP contribution >= 0.6 is 0 Å². The van der Waals surface area contributed by atoms with Gasteiger partial charge in [0.1, 0.15) is 5.75 Å². The quantitative estimate of drug-likeness (QED) is 0.474. The summed E-state index contributed by atoms with van der Waals surface area (Å²) in [6, 6.07) is 6.36. The van der Waals surface area contributed by atoms with Crippen molar-refractivity contribution in [1.82, 2.24) is 0 Å². The highest BCUT2D eigenvalue weighted by Gasteiger charge is 2.38. The summed E-state index contributed by atoms with van der Waals surface area (Å²) in [4.78, 5) is 34.0. The maximum absolute atomic E-state index is 11.8. The first-order valence-electron chi connectivity index (χ1n) is 6.65. The summed E-state index contributed by atoms with van der Waals surface area (Å²) < 4.78 is 14.9. The van der Waals surface area contributed by atoms with E-state index in [0.717, 1.165) is 6.20 Å². The topological polar surface area (TPSA) is 111 Å². The first-order chi connectivity index (χ1) is 10.8. The van der Waals surface area contributed by atoms with Gasteiger partial charge in [-0.25, -0.2) is 14.4 Å². The van der Waals surface area contributed by atoms with Gasteiger partial charge in [0.2, 0.25) is 0 Å². The average Bonchev–Trinajstić information content (AvgIpc) is 2.43. The smallest absolute Gasteiger partial charge is 0.350 e. The minimum absolute atomic E-state index is 0.277. The highest BCUT2D eigenvalue weighted by atomic mass is 16.7. The van der Waals surface area contributed by atoms with Crippen LogP contribution in [0.1, 0.15) is 13.8 Å². The molecule has 0 unspecified atom stereocenters. The Morgan fingerprint density at radius 1 is 1.30 bits per heavy atom. The maximum Gasteiger partial charge on any atom is 0.350 e. The van der Waals surface area contributed by atoms with Crippen LogP contribution in [0.25, 0.3) is 0 Å². The van der Waals surface area contributed by atoms with E-state index < -0.39 is 30.3 Å². The number of carboxylic acids is 1. The summed E-state index contributed by atoms with van der Waals surface area (Å²) in [6.45, 7) is 2.44. The van der Waals surface area contributed by atoms with Gasteiger partial charge in [-0.15, -0.1) is 0 Å². The summed E-state index contributed by atoms with van der Waals surface area (Å²) >= 11 is 0.